The summed E-state index contributed by atoms with van der Waals surface area (Å²) < 4.78 is 5.88. The molecule has 0 aliphatic carbocycles. The molecule has 1 aliphatic rings. The van der Waals surface area contributed by atoms with Gasteiger partial charge in [-0.25, -0.2) is 0 Å². The molecule has 27 heavy (non-hydrogen) atoms. The van der Waals surface area contributed by atoms with Crippen LogP contribution in [0, 0.1) is 0 Å². The van der Waals surface area contributed by atoms with E-state index in [1.165, 1.54) is 37.9 Å². The fraction of sp³-hybridized carbons (Fsp3) is 0.579. The van der Waals surface area contributed by atoms with Crippen LogP contribution in [0.3, 0.4) is 0 Å². The molecular weight excluding hydrogens is 378 g/mol. The van der Waals surface area contributed by atoms with Crippen LogP contribution in [-0.4, -0.2) is 47.9 Å². The summed E-state index contributed by atoms with van der Waals surface area (Å²) >= 11 is 10.2. The lowest BCUT2D eigenvalue weighted by atomic mass is 10.1. The maximum atomic E-state index is 5.88. The maximum absolute atomic E-state index is 5.88. The van der Waals surface area contributed by atoms with Crippen LogP contribution in [0.4, 0.5) is 0 Å². The average molecular weight is 410 g/mol. The zero-order valence-corrected chi connectivity index (χ0v) is 17.7. The van der Waals surface area contributed by atoms with Crippen molar-refractivity contribution in [2.45, 2.75) is 39.2 Å². The minimum atomic E-state index is 0.513. The first-order valence-corrected chi connectivity index (χ1v) is 10.5. The van der Waals surface area contributed by atoms with E-state index in [0.717, 1.165) is 31.8 Å². The van der Waals surface area contributed by atoms with Gasteiger partial charge in [-0.3, -0.25) is 15.8 Å². The lowest BCUT2D eigenvalue weighted by molar-refractivity contribution is 0.220. The van der Waals surface area contributed by atoms with E-state index in [9.17, 15) is 0 Å². The highest BCUT2D eigenvalue weighted by atomic mass is 32.1. The third kappa shape index (κ3) is 9.21. The second-order valence-electron chi connectivity index (χ2n) is 6.55. The van der Waals surface area contributed by atoms with Gasteiger partial charge in [-0.1, -0.05) is 18.6 Å². The Morgan fingerprint density at radius 1 is 1.07 bits per heavy atom. The fourth-order valence-electron chi connectivity index (χ4n) is 2.94. The van der Waals surface area contributed by atoms with Gasteiger partial charge in [0.2, 0.25) is 0 Å². The number of rotatable bonds is 8. The van der Waals surface area contributed by atoms with E-state index in [1.807, 2.05) is 13.0 Å². The first kappa shape index (κ1) is 21.7. The van der Waals surface area contributed by atoms with Gasteiger partial charge in [-0.05, 0) is 81.4 Å². The maximum Gasteiger partial charge on any atom is 0.185 e. The molecule has 6 nitrogen and oxygen atoms in total. The van der Waals surface area contributed by atoms with Crippen molar-refractivity contribution < 1.29 is 4.74 Å². The van der Waals surface area contributed by atoms with E-state index in [1.54, 1.807) is 0 Å². The van der Waals surface area contributed by atoms with Crippen molar-refractivity contribution in [2.75, 3.05) is 32.8 Å². The summed E-state index contributed by atoms with van der Waals surface area (Å²) in [5.74, 6) is 0.933. The van der Waals surface area contributed by atoms with Gasteiger partial charge in [0.25, 0.3) is 0 Å². The topological polar surface area (TPSA) is 60.6 Å². The summed E-state index contributed by atoms with van der Waals surface area (Å²) in [6.45, 7) is 7.55. The predicted octanol–water partition coefficient (Wildman–Crippen LogP) is 2.30. The smallest absolute Gasteiger partial charge is 0.185 e. The van der Waals surface area contributed by atoms with Gasteiger partial charge in [0.05, 0.1) is 6.61 Å². The molecule has 4 N–H and O–H groups in total. The highest BCUT2D eigenvalue weighted by Gasteiger charge is 2.10. The third-order valence-electron chi connectivity index (χ3n) is 4.26. The summed E-state index contributed by atoms with van der Waals surface area (Å²) in [5, 5.41) is 7.12. The Labute approximate surface area is 173 Å². The van der Waals surface area contributed by atoms with Gasteiger partial charge in [-0.15, -0.1) is 0 Å². The lowest BCUT2D eigenvalue weighted by Gasteiger charge is -2.26. The highest BCUT2D eigenvalue weighted by Crippen LogP contribution is 2.17. The summed E-state index contributed by atoms with van der Waals surface area (Å²) in [6.07, 6.45) is 4.85. The van der Waals surface area contributed by atoms with Crippen molar-refractivity contribution in [1.82, 2.24) is 26.4 Å². The van der Waals surface area contributed by atoms with E-state index < -0.39 is 0 Å². The monoisotopic (exact) mass is 409 g/mol. The molecule has 8 heteroatoms. The molecule has 0 aromatic heterocycles. The molecule has 1 aromatic carbocycles. The molecule has 1 fully saturated rings. The SMILES string of the molecule is CCNC(=S)NNC(=S)NCCCOc1cccc(CN2CCCCC2)c1. The molecule has 0 amide bonds. The van der Waals surface area contributed by atoms with Crippen molar-refractivity contribution in [1.29, 1.82) is 0 Å². The summed E-state index contributed by atoms with van der Waals surface area (Å²) in [6, 6.07) is 8.42. The van der Waals surface area contributed by atoms with Crippen LogP contribution >= 0.6 is 24.4 Å². The second kappa shape index (κ2) is 12.7. The van der Waals surface area contributed by atoms with Gasteiger partial charge in [-0.2, -0.15) is 0 Å². The molecule has 0 radical (unpaired) electrons. The Morgan fingerprint density at radius 3 is 2.56 bits per heavy atom. The van der Waals surface area contributed by atoms with E-state index >= 15 is 0 Å². The average Bonchev–Trinajstić information content (AvgIpc) is 2.67. The Hall–Kier alpha value is -1.64. The van der Waals surface area contributed by atoms with Crippen molar-refractivity contribution in [3.05, 3.63) is 29.8 Å². The first-order valence-electron chi connectivity index (χ1n) is 9.69. The number of likely N-dealkylation sites (tertiary alicyclic amines) is 1. The number of hydrazine groups is 1. The first-order chi connectivity index (χ1) is 13.2. The number of ether oxygens (including phenoxy) is 1. The Balaban J connectivity index is 1.59. The normalized spacial score (nSPS) is 14.3. The standard InChI is InChI=1S/C19H31N5OS2/c1-2-20-18(26)22-23-19(27)21-10-7-13-25-17-9-6-8-16(14-17)15-24-11-4-3-5-12-24/h6,8-9,14H,2-5,7,10-13,15H2,1H3,(H2,20,22,26)(H2,21,23,27). The molecular formula is C19H31N5OS2. The Kier molecular flexibility index (Phi) is 10.2. The van der Waals surface area contributed by atoms with Gasteiger partial charge in [0.15, 0.2) is 10.2 Å². The van der Waals surface area contributed by atoms with Crippen molar-refractivity contribution in [2.24, 2.45) is 0 Å². The minimum Gasteiger partial charge on any atom is -0.494 e. The number of hydrogen-bond acceptors (Lipinski definition) is 4. The minimum absolute atomic E-state index is 0.513. The van der Waals surface area contributed by atoms with Crippen LogP contribution in [0.25, 0.3) is 0 Å². The van der Waals surface area contributed by atoms with E-state index in [2.05, 4.69) is 44.6 Å². The van der Waals surface area contributed by atoms with Gasteiger partial charge in [0, 0.05) is 19.6 Å². The van der Waals surface area contributed by atoms with Gasteiger partial charge < -0.3 is 15.4 Å². The van der Waals surface area contributed by atoms with Crippen LogP contribution in [0.5, 0.6) is 5.75 Å². The third-order valence-corrected chi connectivity index (χ3v) is 4.75. The number of hydrogen-bond donors (Lipinski definition) is 4. The van der Waals surface area contributed by atoms with E-state index in [4.69, 9.17) is 29.2 Å². The quantitative estimate of drug-likeness (QED) is 0.296. The Morgan fingerprint density at radius 2 is 1.81 bits per heavy atom. The van der Waals surface area contributed by atoms with Crippen LogP contribution < -0.4 is 26.2 Å². The van der Waals surface area contributed by atoms with Crippen LogP contribution in [0.2, 0.25) is 0 Å². The molecule has 1 saturated heterocycles. The summed E-state index contributed by atoms with van der Waals surface area (Å²) in [4.78, 5) is 2.52. The molecule has 0 saturated carbocycles. The van der Waals surface area contributed by atoms with Gasteiger partial charge >= 0.3 is 0 Å². The highest BCUT2D eigenvalue weighted by molar-refractivity contribution is 7.80. The second-order valence-corrected chi connectivity index (χ2v) is 7.37. The molecule has 2 rings (SSSR count). The number of nitrogens with one attached hydrogen (secondary N) is 4. The molecule has 0 unspecified atom stereocenters. The molecule has 0 spiro atoms. The summed E-state index contributed by atoms with van der Waals surface area (Å²) in [5.41, 5.74) is 6.98. The van der Waals surface area contributed by atoms with Gasteiger partial charge in [0.1, 0.15) is 5.75 Å². The fourth-order valence-corrected chi connectivity index (χ4v) is 3.28. The molecule has 150 valence electrons. The lowest BCUT2D eigenvalue weighted by Crippen LogP contribution is -2.50. The van der Waals surface area contributed by atoms with Crippen molar-refractivity contribution in [3.63, 3.8) is 0 Å². The van der Waals surface area contributed by atoms with Crippen LogP contribution in [0.15, 0.2) is 24.3 Å². The molecule has 0 atom stereocenters. The van der Waals surface area contributed by atoms with E-state index in [-0.39, 0.29) is 0 Å². The molecule has 1 aliphatic heterocycles. The van der Waals surface area contributed by atoms with E-state index in [0.29, 0.717) is 16.8 Å². The van der Waals surface area contributed by atoms with Crippen LogP contribution in [0.1, 0.15) is 38.2 Å². The molecule has 1 aromatic rings. The zero-order valence-electron chi connectivity index (χ0n) is 16.1. The largest absolute Gasteiger partial charge is 0.494 e. The molecule has 0 bridgehead atoms. The zero-order chi connectivity index (χ0) is 19.3. The summed E-state index contributed by atoms with van der Waals surface area (Å²) in [7, 11) is 0. The predicted molar refractivity (Wildman–Crippen MR) is 119 cm³/mol. The number of thiocarbonyl (C=S) groups is 2. The number of piperidine rings is 1. The van der Waals surface area contributed by atoms with Crippen molar-refractivity contribution in [3.8, 4) is 5.75 Å². The van der Waals surface area contributed by atoms with Crippen molar-refractivity contribution >= 4 is 34.7 Å². The Bertz CT molecular complexity index is 593. The molecule has 1 heterocycles. The number of nitrogens with zero attached hydrogens (tertiary/aromatic N) is 1. The van der Waals surface area contributed by atoms with Crippen LogP contribution in [-0.2, 0) is 6.54 Å². The number of benzene rings is 1.